The van der Waals surface area contributed by atoms with E-state index in [1.165, 1.54) is 0 Å². The van der Waals surface area contributed by atoms with Crippen molar-refractivity contribution in [2.45, 2.75) is 0 Å². The number of nitrogens with zero attached hydrogens (tertiary/aromatic N) is 4. The highest BCUT2D eigenvalue weighted by atomic mass is 16.3. The van der Waals surface area contributed by atoms with Crippen molar-refractivity contribution in [3.8, 4) is 51.0 Å². The third kappa shape index (κ3) is 4.83. The van der Waals surface area contributed by atoms with E-state index < -0.39 is 48.3 Å². The molecule has 3 aromatic heterocycles. The van der Waals surface area contributed by atoms with Crippen LogP contribution < -0.4 is 0 Å². The molecule has 252 valence electrons. The Labute approximate surface area is 321 Å². The lowest BCUT2D eigenvalue weighted by Gasteiger charge is -2.19. The summed E-state index contributed by atoms with van der Waals surface area (Å²) in [5, 5.41) is 3.81. The van der Waals surface area contributed by atoms with E-state index in [4.69, 9.17) is 27.6 Å². The van der Waals surface area contributed by atoms with E-state index in [2.05, 4.69) is 0 Å². The molecule has 0 saturated carbocycles. The van der Waals surface area contributed by atoms with Crippen molar-refractivity contribution in [1.29, 1.82) is 0 Å². The summed E-state index contributed by atoms with van der Waals surface area (Å²) < 4.78 is 79.9. The van der Waals surface area contributed by atoms with E-state index in [0.717, 1.165) is 38.3 Å². The van der Waals surface area contributed by atoms with Gasteiger partial charge in [0.1, 0.15) is 11.2 Å². The van der Waals surface area contributed by atoms with Crippen LogP contribution in [0.2, 0.25) is 0 Å². The molecule has 0 spiro atoms. The first-order valence-corrected chi connectivity index (χ1v) is 17.5. The summed E-state index contributed by atoms with van der Waals surface area (Å²) in [6, 6.07) is 38.8. The largest absolute Gasteiger partial charge is 0.456 e. The second-order valence-electron chi connectivity index (χ2n) is 13.0. The molecule has 3 heterocycles. The summed E-state index contributed by atoms with van der Waals surface area (Å²) in [5.74, 6) is 0.917. The van der Waals surface area contributed by atoms with Crippen LogP contribution in [0.25, 0.3) is 105 Å². The third-order valence-electron chi connectivity index (χ3n) is 9.90. The van der Waals surface area contributed by atoms with E-state index in [1.54, 1.807) is 4.57 Å². The van der Waals surface area contributed by atoms with Gasteiger partial charge in [0.05, 0.1) is 27.7 Å². The Balaban J connectivity index is 1.29. The van der Waals surface area contributed by atoms with Crippen molar-refractivity contribution >= 4 is 54.5 Å². The molecule has 0 atom stereocenters. The van der Waals surface area contributed by atoms with Crippen LogP contribution >= 0.6 is 0 Å². The number of aromatic nitrogens is 4. The normalized spacial score (nSPS) is 13.8. The van der Waals surface area contributed by atoms with Crippen molar-refractivity contribution in [1.82, 2.24) is 19.5 Å². The molecule has 11 aromatic rings. The van der Waals surface area contributed by atoms with E-state index in [1.807, 2.05) is 133 Å². The average molecular weight is 699 g/mol. The molecule has 0 saturated heterocycles. The zero-order chi connectivity index (χ0) is 42.6. The van der Waals surface area contributed by atoms with Crippen LogP contribution in [0.5, 0.6) is 0 Å². The van der Waals surface area contributed by atoms with Crippen LogP contribution in [0.4, 0.5) is 0 Å². The molecule has 0 amide bonds. The zero-order valence-electron chi connectivity index (χ0n) is 36.4. The minimum absolute atomic E-state index is 0.0135. The maximum Gasteiger partial charge on any atom is 0.166 e. The maximum atomic E-state index is 9.38. The van der Waals surface area contributed by atoms with Gasteiger partial charge in [0.25, 0.3) is 0 Å². The van der Waals surface area contributed by atoms with Gasteiger partial charge in [-0.3, -0.25) is 0 Å². The molecular formula is C49H30N4O. The fourth-order valence-corrected chi connectivity index (χ4v) is 7.41. The zero-order valence-corrected chi connectivity index (χ0v) is 28.4. The topological polar surface area (TPSA) is 56.7 Å². The molecule has 11 rings (SSSR count). The quantitative estimate of drug-likeness (QED) is 0.180. The number of rotatable bonds is 5. The van der Waals surface area contributed by atoms with Gasteiger partial charge in [-0.2, -0.15) is 0 Å². The first kappa shape index (κ1) is 23.2. The lowest BCUT2D eigenvalue weighted by molar-refractivity contribution is 0.669. The summed E-state index contributed by atoms with van der Waals surface area (Å²) in [5.41, 5.74) is 4.85. The monoisotopic (exact) mass is 698 g/mol. The van der Waals surface area contributed by atoms with Crippen LogP contribution in [-0.4, -0.2) is 19.5 Å². The number of fused-ring (bicyclic) bond motifs is 7. The molecule has 8 aromatic carbocycles. The van der Waals surface area contributed by atoms with Gasteiger partial charge >= 0.3 is 0 Å². The first-order chi connectivity index (χ1) is 30.1. The molecule has 0 aliphatic rings. The van der Waals surface area contributed by atoms with E-state index in [-0.39, 0.29) is 27.6 Å². The summed E-state index contributed by atoms with van der Waals surface area (Å²) >= 11 is 0. The standard InChI is InChI=1S/C49H30N4O/c1-2-14-32(15-3-1)47-50-48(35-27-28-40-39-19-8-11-24-44(39)54-45(40)30-35)52-49(51-47)41-21-12-20-36(34-26-25-31-13-4-5-16-33(31)29-34)46(41)53-42-22-9-6-17-37(42)38-18-7-10-23-43(38)53/h1-30H/i6D,7D,9D,10D,17D,18D,22D,23D. The minimum atomic E-state index is -0.520. The fraction of sp³-hybridized carbons (Fsp3) is 0. The molecule has 54 heavy (non-hydrogen) atoms. The van der Waals surface area contributed by atoms with Crippen molar-refractivity contribution < 1.29 is 15.4 Å². The van der Waals surface area contributed by atoms with Crippen molar-refractivity contribution in [2.75, 3.05) is 0 Å². The van der Waals surface area contributed by atoms with Gasteiger partial charge in [-0.25, -0.2) is 15.0 Å². The van der Waals surface area contributed by atoms with Gasteiger partial charge in [0, 0.05) is 43.8 Å². The molecule has 0 N–H and O–H groups in total. The van der Waals surface area contributed by atoms with Gasteiger partial charge in [0.15, 0.2) is 17.5 Å². The number of benzene rings is 8. The number of para-hydroxylation sites is 4. The van der Waals surface area contributed by atoms with Crippen LogP contribution in [0.15, 0.2) is 186 Å². The Bertz CT molecular complexity index is 3620. The number of hydrogen-bond acceptors (Lipinski definition) is 4. The molecular weight excluding hydrogens is 661 g/mol. The Kier molecular flexibility index (Phi) is 5.21. The van der Waals surface area contributed by atoms with Crippen molar-refractivity contribution in [3.63, 3.8) is 0 Å². The number of hydrogen-bond donors (Lipinski definition) is 0. The summed E-state index contributed by atoms with van der Waals surface area (Å²) in [6.07, 6.45) is 0. The Morgan fingerprint density at radius 2 is 1.06 bits per heavy atom. The van der Waals surface area contributed by atoms with Crippen LogP contribution in [0.1, 0.15) is 11.0 Å². The lowest BCUT2D eigenvalue weighted by atomic mass is 9.96. The maximum absolute atomic E-state index is 9.38. The molecule has 0 unspecified atom stereocenters. The van der Waals surface area contributed by atoms with Gasteiger partial charge in [-0.05, 0) is 58.8 Å². The fourth-order valence-electron chi connectivity index (χ4n) is 7.41. The van der Waals surface area contributed by atoms with Gasteiger partial charge in [-0.1, -0.05) is 139 Å². The van der Waals surface area contributed by atoms with Gasteiger partial charge in [0.2, 0.25) is 0 Å². The molecule has 0 bridgehead atoms. The second-order valence-corrected chi connectivity index (χ2v) is 13.0. The lowest BCUT2D eigenvalue weighted by Crippen LogP contribution is -2.05. The predicted molar refractivity (Wildman–Crippen MR) is 221 cm³/mol. The number of furan rings is 1. The van der Waals surface area contributed by atoms with E-state index >= 15 is 0 Å². The molecule has 5 nitrogen and oxygen atoms in total. The third-order valence-corrected chi connectivity index (χ3v) is 9.90. The minimum Gasteiger partial charge on any atom is -0.456 e. The van der Waals surface area contributed by atoms with Crippen LogP contribution in [-0.2, 0) is 0 Å². The molecule has 0 aliphatic heterocycles. The summed E-state index contributed by atoms with van der Waals surface area (Å²) in [6.45, 7) is 0. The smallest absolute Gasteiger partial charge is 0.166 e. The van der Waals surface area contributed by atoms with Crippen molar-refractivity contribution in [2.24, 2.45) is 0 Å². The van der Waals surface area contributed by atoms with E-state index in [0.29, 0.717) is 39.6 Å². The van der Waals surface area contributed by atoms with Gasteiger partial charge < -0.3 is 8.98 Å². The van der Waals surface area contributed by atoms with Crippen LogP contribution in [0, 0.1) is 0 Å². The van der Waals surface area contributed by atoms with Crippen LogP contribution in [0.3, 0.4) is 0 Å². The van der Waals surface area contributed by atoms with E-state index in [9.17, 15) is 2.74 Å². The Morgan fingerprint density at radius 3 is 1.87 bits per heavy atom. The second kappa shape index (κ2) is 12.1. The molecule has 0 aliphatic carbocycles. The summed E-state index contributed by atoms with van der Waals surface area (Å²) in [4.78, 5) is 15.2. The predicted octanol–water partition coefficient (Wildman–Crippen LogP) is 12.7. The van der Waals surface area contributed by atoms with Crippen molar-refractivity contribution in [3.05, 3.63) is 182 Å². The summed E-state index contributed by atoms with van der Waals surface area (Å²) in [7, 11) is 0. The van der Waals surface area contributed by atoms with Gasteiger partial charge in [-0.15, -0.1) is 0 Å². The average Bonchev–Trinajstić information content (AvgIpc) is 3.87. The SMILES string of the molecule is [2H]c1c([2H])c([2H])c2c(c1[2H])c1c([2H])c([2H])c([2H])c([2H])c1n2-c1c(-c2ccc3ccccc3c2)cccc1-c1nc(-c2ccccc2)nc(-c2ccc3c(c2)oc2ccccc23)n1. The highest BCUT2D eigenvalue weighted by molar-refractivity contribution is 6.11. The highest BCUT2D eigenvalue weighted by Gasteiger charge is 2.23. The first-order valence-electron chi connectivity index (χ1n) is 21.5. The highest BCUT2D eigenvalue weighted by Crippen LogP contribution is 2.42. The molecule has 0 fully saturated rings. The Hall–Kier alpha value is -7.37. The molecule has 0 radical (unpaired) electrons. The Morgan fingerprint density at radius 1 is 0.426 bits per heavy atom. The molecule has 5 heteroatoms.